The number of hydrogen-bond acceptors (Lipinski definition) is 18. The van der Waals surface area contributed by atoms with E-state index < -0.39 is 89.9 Å². The van der Waals surface area contributed by atoms with E-state index in [4.69, 9.17) is 0 Å². The summed E-state index contributed by atoms with van der Waals surface area (Å²) in [6.45, 7) is 0. The van der Waals surface area contributed by atoms with Gasteiger partial charge in [-0.3, -0.25) is 60.0 Å². The van der Waals surface area contributed by atoms with Gasteiger partial charge in [0.1, 0.15) is 26.6 Å². The molecule has 0 amide bonds. The van der Waals surface area contributed by atoms with Gasteiger partial charge in [0.2, 0.25) is 16.6 Å². The number of nitro benzene ring substituents is 2. The van der Waals surface area contributed by atoms with E-state index in [-0.39, 0.29) is 28.3 Å². The van der Waals surface area contributed by atoms with E-state index in [1.54, 1.807) is 30.3 Å². The lowest BCUT2D eigenvalue weighted by Crippen LogP contribution is -2.49. The maximum Gasteiger partial charge on any atom is 0.296 e. The van der Waals surface area contributed by atoms with E-state index in [1.807, 2.05) is 0 Å². The Balaban J connectivity index is 1.45. The zero-order valence-electron chi connectivity index (χ0n) is 28.8. The van der Waals surface area contributed by atoms with Crippen molar-refractivity contribution in [2.24, 2.45) is 15.3 Å². The predicted octanol–water partition coefficient (Wildman–Crippen LogP) is 2.57. The molecular formula is C34H23N9O13S2. The number of hydrazone groups is 1. The van der Waals surface area contributed by atoms with Crippen molar-refractivity contribution in [3.63, 3.8) is 0 Å². The van der Waals surface area contributed by atoms with E-state index in [1.165, 1.54) is 24.3 Å². The van der Waals surface area contributed by atoms with Crippen LogP contribution in [0.25, 0.3) is 4.91 Å². The number of carbonyl (C=O) groups is 1. The molecule has 5 aromatic rings. The highest BCUT2D eigenvalue weighted by molar-refractivity contribution is 7.95. The normalized spacial score (nSPS) is 14.1. The molecule has 0 bridgehead atoms. The van der Waals surface area contributed by atoms with Gasteiger partial charge in [-0.1, -0.05) is 18.2 Å². The van der Waals surface area contributed by atoms with Gasteiger partial charge in [-0.25, -0.2) is 0 Å². The Morgan fingerprint density at radius 2 is 1.22 bits per heavy atom. The number of para-hydroxylation sites is 1. The Kier molecular flexibility index (Phi) is 10.8. The number of ketones is 1. The zero-order chi connectivity index (χ0) is 41.9. The molecule has 24 heteroatoms. The fourth-order valence-corrected chi connectivity index (χ4v) is 6.65. The van der Waals surface area contributed by atoms with Crippen molar-refractivity contribution in [3.05, 3.63) is 166 Å². The van der Waals surface area contributed by atoms with Crippen molar-refractivity contribution in [1.29, 1.82) is 0 Å². The van der Waals surface area contributed by atoms with Crippen LogP contribution in [0.4, 0.5) is 39.8 Å². The summed E-state index contributed by atoms with van der Waals surface area (Å²) < 4.78 is 68.5. The lowest BCUT2D eigenvalue weighted by atomic mass is 9.94. The molecule has 22 nitrogen and oxygen atoms in total. The Morgan fingerprint density at radius 1 is 0.586 bits per heavy atom. The molecule has 6 N–H and O–H groups in total. The van der Waals surface area contributed by atoms with Gasteiger partial charge in [-0.05, 0) is 54.6 Å². The summed E-state index contributed by atoms with van der Waals surface area (Å²) in [5.41, 5.74) is 2.59. The van der Waals surface area contributed by atoms with Crippen molar-refractivity contribution < 1.29 is 40.6 Å². The molecule has 0 unspecified atom stereocenters. The van der Waals surface area contributed by atoms with Crippen LogP contribution in [0, 0.1) is 20.2 Å². The van der Waals surface area contributed by atoms with Crippen LogP contribution in [0.3, 0.4) is 0 Å². The third kappa shape index (κ3) is 8.68. The molecule has 0 saturated carbocycles. The summed E-state index contributed by atoms with van der Waals surface area (Å²) >= 11 is 0. The van der Waals surface area contributed by atoms with Crippen molar-refractivity contribution in [3.8, 4) is 0 Å². The van der Waals surface area contributed by atoms with Gasteiger partial charge in [0.15, 0.2) is 5.36 Å². The number of carbonyl (C=O) groups excluding carboxylic acids is 1. The maximum atomic E-state index is 13.7. The molecule has 0 fully saturated rings. The average molecular weight is 830 g/mol. The Bertz CT molecular complexity index is 3080. The molecule has 0 aliphatic heterocycles. The number of non-ortho nitro benzene ring substituents is 2. The van der Waals surface area contributed by atoms with Crippen molar-refractivity contribution in [1.82, 2.24) is 0 Å². The number of allylic oxidation sites excluding steroid dienone is 1. The number of fused-ring (bicyclic) bond motifs is 1. The minimum atomic E-state index is -5.09. The number of nitro groups is 2. The summed E-state index contributed by atoms with van der Waals surface area (Å²) in [6.07, 6.45) is 0.460. The molecule has 0 heterocycles. The lowest BCUT2D eigenvalue weighted by Gasteiger charge is -2.16. The number of benzene rings is 5. The Hall–Kier alpha value is -7.80. The molecule has 1 aliphatic rings. The number of hydrogen-bond donors (Lipinski definition) is 6. The number of nitrogens with one attached hydrogen (secondary N) is 4. The highest BCUT2D eigenvalue weighted by Gasteiger charge is 2.32. The van der Waals surface area contributed by atoms with E-state index in [2.05, 4.69) is 36.9 Å². The summed E-state index contributed by atoms with van der Waals surface area (Å²) in [5, 5.41) is 35.7. The van der Waals surface area contributed by atoms with Gasteiger partial charge >= 0.3 is 0 Å². The molecular weight excluding hydrogens is 807 g/mol. The standard InChI is InChI=1S/C34H23N9O13S2/c44-28-17-29(57(51,52)53)24-15-22(43(49)50)11-12-23(24)31(28)40-39-27-16-26(38-36-19-6-9-21(10-7-19)42(47)48)33(45)32(34(27)46)41-37-20-8-13-25(30(14-20)58(54,55)56)35-18-4-2-1-3-5-18/h1-17,35-37,39H,(H,51,52,53)(H,54,55,56). The van der Waals surface area contributed by atoms with Crippen molar-refractivity contribution in [2.75, 3.05) is 21.6 Å². The van der Waals surface area contributed by atoms with Crippen molar-refractivity contribution in [2.45, 2.75) is 4.90 Å². The summed E-state index contributed by atoms with van der Waals surface area (Å²) in [7, 11) is -9.94. The van der Waals surface area contributed by atoms with E-state index in [9.17, 15) is 60.6 Å². The van der Waals surface area contributed by atoms with Gasteiger partial charge < -0.3 is 5.32 Å². The molecule has 5 aromatic carbocycles. The topological polar surface area (TPSA) is 331 Å². The van der Waals surface area contributed by atoms with Gasteiger partial charge in [0.25, 0.3) is 31.6 Å². The van der Waals surface area contributed by atoms with Gasteiger partial charge in [-0.2, -0.15) is 32.1 Å². The molecule has 1 aliphatic carbocycles. The molecule has 0 atom stereocenters. The predicted molar refractivity (Wildman–Crippen MR) is 207 cm³/mol. The first-order valence-corrected chi connectivity index (χ1v) is 18.8. The molecule has 6 rings (SSSR count). The van der Waals surface area contributed by atoms with Gasteiger partial charge in [0, 0.05) is 47.2 Å². The highest BCUT2D eigenvalue weighted by atomic mass is 32.2. The van der Waals surface area contributed by atoms with E-state index in [0.717, 1.165) is 42.5 Å². The van der Waals surface area contributed by atoms with Crippen LogP contribution in [0.1, 0.15) is 11.1 Å². The minimum Gasteiger partial charge on any atom is -0.354 e. The maximum absolute atomic E-state index is 13.7. The third-order valence-corrected chi connectivity index (χ3v) is 9.76. The third-order valence-electron chi connectivity index (χ3n) is 7.98. The minimum absolute atomic E-state index is 0.0380. The highest BCUT2D eigenvalue weighted by Crippen LogP contribution is 2.32. The Labute approximate surface area is 323 Å². The molecule has 294 valence electrons. The first-order chi connectivity index (χ1) is 27.4. The fourth-order valence-electron chi connectivity index (χ4n) is 5.27. The lowest BCUT2D eigenvalue weighted by molar-refractivity contribution is -0.385. The fraction of sp³-hybridized carbons (Fsp3) is 0. The van der Waals surface area contributed by atoms with Crippen LogP contribution in [0.2, 0.25) is 0 Å². The number of rotatable bonds is 12. The van der Waals surface area contributed by atoms with Crippen LogP contribution in [0.15, 0.2) is 133 Å². The van der Waals surface area contributed by atoms with Crippen LogP contribution >= 0.6 is 0 Å². The molecule has 0 saturated heterocycles. The molecule has 0 radical (unpaired) electrons. The summed E-state index contributed by atoms with van der Waals surface area (Å²) in [5.74, 6) is -1.12. The second kappa shape index (κ2) is 15.7. The zero-order valence-corrected chi connectivity index (χ0v) is 30.4. The largest absolute Gasteiger partial charge is 0.354 e. The molecule has 0 spiro atoms. The van der Waals surface area contributed by atoms with Crippen LogP contribution in [0.5, 0.6) is 0 Å². The summed E-state index contributed by atoms with van der Waals surface area (Å²) in [4.78, 5) is 59.8. The first kappa shape index (κ1) is 39.9. The van der Waals surface area contributed by atoms with E-state index in [0.29, 0.717) is 11.8 Å². The van der Waals surface area contributed by atoms with Crippen LogP contribution in [-0.4, -0.2) is 47.3 Å². The van der Waals surface area contributed by atoms with Gasteiger partial charge in [0.05, 0.1) is 26.9 Å². The monoisotopic (exact) mass is 829 g/mol. The first-order valence-electron chi connectivity index (χ1n) is 15.9. The number of nitrogens with zero attached hydrogens (tertiary/aromatic N) is 5. The smallest absolute Gasteiger partial charge is 0.296 e. The SMILES string of the molecule is O=C1C=C(S(=O)(=O)O)c2cc([N+](=O)[O-])ccc2C1=NNc1cc(=NNc2ccc([N+](=O)[O-])cc2)c(=O)c(=NNc2ccc(Nc3ccccc3)c(S(=O)(=O)O)c2)c1=O. The second-order valence-corrected chi connectivity index (χ2v) is 14.6. The summed E-state index contributed by atoms with van der Waals surface area (Å²) in [6, 6.07) is 20.3. The van der Waals surface area contributed by atoms with Gasteiger partial charge in [-0.15, -0.1) is 0 Å². The van der Waals surface area contributed by atoms with E-state index >= 15 is 0 Å². The van der Waals surface area contributed by atoms with Crippen molar-refractivity contribution >= 4 is 76.4 Å². The second-order valence-electron chi connectivity index (χ2n) is 11.8. The molecule has 0 aromatic heterocycles. The van der Waals surface area contributed by atoms with Crippen LogP contribution < -0.4 is 43.2 Å². The average Bonchev–Trinajstić information content (AvgIpc) is 3.17. The van der Waals surface area contributed by atoms with Crippen LogP contribution in [-0.2, 0) is 25.0 Å². The Morgan fingerprint density at radius 3 is 1.86 bits per heavy atom. The quantitative estimate of drug-likeness (QED) is 0.0598. The molecule has 58 heavy (non-hydrogen) atoms. The number of anilines is 5.